The lowest BCUT2D eigenvalue weighted by molar-refractivity contribution is 1.16. The molecule has 1 N–H and O–H groups in total. The standard InChI is InChI=1S/C8H7BrN2O.BrH/c1-5-3-11-4-6(9)7(12)2-8(11)10-5;/h2-4,10H,1H3;1H. The van der Waals surface area contributed by atoms with E-state index in [2.05, 4.69) is 20.9 Å². The average molecular weight is 308 g/mol. The highest BCUT2D eigenvalue weighted by atomic mass is 79.9. The summed E-state index contributed by atoms with van der Waals surface area (Å²) >= 11 is 3.18. The second kappa shape index (κ2) is 3.67. The Kier molecular flexibility index (Phi) is 2.98. The summed E-state index contributed by atoms with van der Waals surface area (Å²) in [6.45, 7) is 1.95. The highest BCUT2D eigenvalue weighted by molar-refractivity contribution is 9.10. The molecule has 0 atom stereocenters. The van der Waals surface area contributed by atoms with Crippen LogP contribution in [0.25, 0.3) is 5.65 Å². The molecule has 0 radical (unpaired) electrons. The van der Waals surface area contributed by atoms with Gasteiger partial charge in [-0.1, -0.05) is 0 Å². The van der Waals surface area contributed by atoms with Gasteiger partial charge in [0.05, 0.1) is 4.47 Å². The van der Waals surface area contributed by atoms with Gasteiger partial charge in [0.25, 0.3) is 0 Å². The van der Waals surface area contributed by atoms with E-state index < -0.39 is 0 Å². The van der Waals surface area contributed by atoms with Crippen molar-refractivity contribution in [2.75, 3.05) is 0 Å². The van der Waals surface area contributed by atoms with Crippen LogP contribution in [0.5, 0.6) is 0 Å². The van der Waals surface area contributed by atoms with Crippen LogP contribution in [0, 0.1) is 6.92 Å². The molecule has 0 aliphatic rings. The van der Waals surface area contributed by atoms with Crippen molar-refractivity contribution in [1.82, 2.24) is 9.38 Å². The SMILES string of the molecule is Br.Cc1cn2cc(Br)c(=O)cc2[nH]1. The quantitative estimate of drug-likeness (QED) is 0.796. The average Bonchev–Trinajstić information content (AvgIpc) is 2.30. The fourth-order valence-corrected chi connectivity index (χ4v) is 1.51. The minimum Gasteiger partial charge on any atom is -0.344 e. The smallest absolute Gasteiger partial charge is 0.197 e. The molecule has 70 valence electrons. The first-order valence-corrected chi connectivity index (χ1v) is 4.33. The van der Waals surface area contributed by atoms with Gasteiger partial charge >= 0.3 is 0 Å². The minimum absolute atomic E-state index is 0. The van der Waals surface area contributed by atoms with E-state index in [9.17, 15) is 4.79 Å². The van der Waals surface area contributed by atoms with E-state index in [-0.39, 0.29) is 22.4 Å². The molecule has 0 fully saturated rings. The number of halogens is 2. The van der Waals surface area contributed by atoms with Crippen molar-refractivity contribution >= 4 is 38.6 Å². The number of fused-ring (bicyclic) bond motifs is 1. The van der Waals surface area contributed by atoms with Gasteiger partial charge in [-0.05, 0) is 22.9 Å². The Hall–Kier alpha value is -0.550. The van der Waals surface area contributed by atoms with Gasteiger partial charge in [-0.2, -0.15) is 0 Å². The molecule has 2 aromatic rings. The summed E-state index contributed by atoms with van der Waals surface area (Å²) in [5.41, 5.74) is 1.85. The molecule has 2 aromatic heterocycles. The molecular weight excluding hydrogens is 300 g/mol. The zero-order valence-corrected chi connectivity index (χ0v) is 10.2. The van der Waals surface area contributed by atoms with E-state index >= 15 is 0 Å². The van der Waals surface area contributed by atoms with Crippen LogP contribution in [-0.2, 0) is 0 Å². The second-order valence-corrected chi connectivity index (χ2v) is 3.57. The number of aryl methyl sites for hydroxylation is 1. The molecule has 0 unspecified atom stereocenters. The zero-order chi connectivity index (χ0) is 8.72. The van der Waals surface area contributed by atoms with Crippen LogP contribution in [-0.4, -0.2) is 9.38 Å². The number of hydrogen-bond donors (Lipinski definition) is 1. The van der Waals surface area contributed by atoms with Gasteiger partial charge in [0.15, 0.2) is 5.43 Å². The Bertz CT molecular complexity index is 486. The van der Waals surface area contributed by atoms with Crippen LogP contribution in [0.1, 0.15) is 5.69 Å². The van der Waals surface area contributed by atoms with Crippen LogP contribution in [0.15, 0.2) is 27.7 Å². The number of pyridine rings is 1. The van der Waals surface area contributed by atoms with Crippen LogP contribution < -0.4 is 5.43 Å². The van der Waals surface area contributed by atoms with Crippen molar-refractivity contribution in [3.05, 3.63) is 38.9 Å². The predicted molar refractivity (Wildman–Crippen MR) is 60.8 cm³/mol. The molecule has 0 saturated heterocycles. The topological polar surface area (TPSA) is 37.3 Å². The monoisotopic (exact) mass is 306 g/mol. The molecule has 2 rings (SSSR count). The van der Waals surface area contributed by atoms with Gasteiger partial charge in [0.1, 0.15) is 5.65 Å². The molecule has 0 amide bonds. The summed E-state index contributed by atoms with van der Waals surface area (Å²) in [6.07, 6.45) is 3.68. The van der Waals surface area contributed by atoms with E-state index in [1.54, 1.807) is 12.3 Å². The molecule has 3 nitrogen and oxygen atoms in total. The molecule has 5 heteroatoms. The first kappa shape index (κ1) is 10.5. The lowest BCUT2D eigenvalue weighted by Crippen LogP contribution is -2.01. The van der Waals surface area contributed by atoms with E-state index in [4.69, 9.17) is 0 Å². The molecule has 0 bridgehead atoms. The molecule has 0 aliphatic heterocycles. The van der Waals surface area contributed by atoms with Gasteiger partial charge in [0, 0.05) is 24.2 Å². The fourth-order valence-electron chi connectivity index (χ4n) is 1.17. The molecule has 2 heterocycles. The summed E-state index contributed by atoms with van der Waals surface area (Å²) in [5.74, 6) is 0. The number of imidazole rings is 1. The molecule has 0 aliphatic carbocycles. The maximum absolute atomic E-state index is 11.2. The highest BCUT2D eigenvalue weighted by Gasteiger charge is 1.99. The number of nitrogens with zero attached hydrogens (tertiary/aromatic N) is 1. The summed E-state index contributed by atoms with van der Waals surface area (Å²) in [4.78, 5) is 14.2. The van der Waals surface area contributed by atoms with Crippen molar-refractivity contribution in [3.8, 4) is 0 Å². The largest absolute Gasteiger partial charge is 0.344 e. The van der Waals surface area contributed by atoms with Crippen molar-refractivity contribution < 1.29 is 0 Å². The Labute approximate surface area is 93.7 Å². The van der Waals surface area contributed by atoms with Gasteiger partial charge < -0.3 is 9.38 Å². The molecule has 0 saturated carbocycles. The Morgan fingerprint density at radius 3 is 2.85 bits per heavy atom. The summed E-state index contributed by atoms with van der Waals surface area (Å²) in [5, 5.41) is 0. The molecular formula is C8H8Br2N2O. The van der Waals surface area contributed by atoms with E-state index in [1.807, 2.05) is 17.5 Å². The number of aromatic amines is 1. The van der Waals surface area contributed by atoms with E-state index in [0.29, 0.717) is 4.47 Å². The lowest BCUT2D eigenvalue weighted by atomic mass is 10.5. The maximum atomic E-state index is 11.2. The molecule has 0 spiro atoms. The van der Waals surface area contributed by atoms with Gasteiger partial charge in [-0.25, -0.2) is 0 Å². The normalized spacial score (nSPS) is 10.0. The third-order valence-corrected chi connectivity index (χ3v) is 2.29. The number of H-pyrrole nitrogens is 1. The summed E-state index contributed by atoms with van der Waals surface area (Å²) < 4.78 is 2.46. The maximum Gasteiger partial charge on any atom is 0.197 e. The Balaban J connectivity index is 0.000000845. The number of nitrogens with one attached hydrogen (secondary N) is 1. The van der Waals surface area contributed by atoms with Crippen molar-refractivity contribution in [2.24, 2.45) is 0 Å². The number of hydrogen-bond acceptors (Lipinski definition) is 1. The van der Waals surface area contributed by atoms with Crippen molar-refractivity contribution in [3.63, 3.8) is 0 Å². The van der Waals surface area contributed by atoms with Crippen molar-refractivity contribution in [2.45, 2.75) is 6.92 Å². The van der Waals surface area contributed by atoms with Crippen LogP contribution in [0.3, 0.4) is 0 Å². The predicted octanol–water partition coefficient (Wildman–Crippen LogP) is 2.28. The third kappa shape index (κ3) is 1.86. The lowest BCUT2D eigenvalue weighted by Gasteiger charge is -1.91. The fraction of sp³-hybridized carbons (Fsp3) is 0.125. The van der Waals surface area contributed by atoms with Crippen molar-refractivity contribution in [1.29, 1.82) is 0 Å². The number of aromatic nitrogens is 2. The van der Waals surface area contributed by atoms with E-state index in [1.165, 1.54) is 0 Å². The first-order valence-electron chi connectivity index (χ1n) is 3.54. The Morgan fingerprint density at radius 1 is 1.46 bits per heavy atom. The summed E-state index contributed by atoms with van der Waals surface area (Å²) in [6, 6.07) is 1.57. The summed E-state index contributed by atoms with van der Waals surface area (Å²) in [7, 11) is 0. The first-order chi connectivity index (χ1) is 5.66. The van der Waals surface area contributed by atoms with Gasteiger partial charge in [-0.3, -0.25) is 4.79 Å². The van der Waals surface area contributed by atoms with Crippen LogP contribution >= 0.6 is 32.9 Å². The third-order valence-electron chi connectivity index (χ3n) is 1.69. The zero-order valence-electron chi connectivity index (χ0n) is 6.87. The van der Waals surface area contributed by atoms with Gasteiger partial charge in [0.2, 0.25) is 0 Å². The van der Waals surface area contributed by atoms with Gasteiger partial charge in [-0.15, -0.1) is 17.0 Å². The minimum atomic E-state index is -0.00292. The Morgan fingerprint density at radius 2 is 2.15 bits per heavy atom. The second-order valence-electron chi connectivity index (χ2n) is 2.72. The van der Waals surface area contributed by atoms with E-state index in [0.717, 1.165) is 11.3 Å². The molecule has 13 heavy (non-hydrogen) atoms. The molecule has 0 aromatic carbocycles. The van der Waals surface area contributed by atoms with Crippen LogP contribution in [0.4, 0.5) is 0 Å². The highest BCUT2D eigenvalue weighted by Crippen LogP contribution is 2.06. The number of rotatable bonds is 0. The van der Waals surface area contributed by atoms with Crippen LogP contribution in [0.2, 0.25) is 0 Å².